The van der Waals surface area contributed by atoms with Crippen molar-refractivity contribution in [3.63, 3.8) is 0 Å². The van der Waals surface area contributed by atoms with Crippen molar-refractivity contribution in [1.82, 2.24) is 20.1 Å². The van der Waals surface area contributed by atoms with E-state index in [1.165, 1.54) is 12.1 Å². The van der Waals surface area contributed by atoms with Gasteiger partial charge in [-0.25, -0.2) is 15.2 Å². The smallest absolute Gasteiger partial charge is 0.202 e. The molecule has 4 rings (SSSR count). The van der Waals surface area contributed by atoms with Crippen LogP contribution in [0.1, 0.15) is 45.1 Å². The molecule has 12 heteroatoms. The zero-order chi connectivity index (χ0) is 27.2. The van der Waals surface area contributed by atoms with Gasteiger partial charge in [0.25, 0.3) is 0 Å². The topological polar surface area (TPSA) is 146 Å². The van der Waals surface area contributed by atoms with Crippen LogP contribution in [0.2, 0.25) is 0 Å². The van der Waals surface area contributed by atoms with Gasteiger partial charge in [-0.05, 0) is 56.3 Å². The number of halogens is 2. The lowest BCUT2D eigenvalue weighted by atomic mass is 10.1. The number of amidine groups is 1. The number of anilines is 2. The van der Waals surface area contributed by atoms with Crippen molar-refractivity contribution in [3.05, 3.63) is 54.0 Å². The van der Waals surface area contributed by atoms with E-state index in [4.69, 9.17) is 22.2 Å². The van der Waals surface area contributed by atoms with Gasteiger partial charge in [0.1, 0.15) is 5.82 Å². The molecule has 1 aromatic carbocycles. The fourth-order valence-corrected chi connectivity index (χ4v) is 4.35. The maximum atomic E-state index is 15.1. The first-order valence-corrected chi connectivity index (χ1v) is 12.7. The van der Waals surface area contributed by atoms with E-state index >= 15 is 4.39 Å². The Labute approximate surface area is 220 Å². The summed E-state index contributed by atoms with van der Waals surface area (Å²) in [5, 5.41) is 12.3. The van der Waals surface area contributed by atoms with Gasteiger partial charge in [0, 0.05) is 36.1 Å². The third kappa shape index (κ3) is 6.20. The summed E-state index contributed by atoms with van der Waals surface area (Å²) in [4.78, 5) is 4.23. The Morgan fingerprint density at radius 2 is 2.08 bits per heavy atom. The number of ether oxygens (including phenoxy) is 1. The number of hydrazine groups is 1. The normalized spacial score (nSPS) is 15.8. The van der Waals surface area contributed by atoms with Gasteiger partial charge in [0.15, 0.2) is 17.4 Å². The number of pyridine rings is 1. The highest BCUT2D eigenvalue weighted by Crippen LogP contribution is 2.30. The molecule has 1 aliphatic rings. The second-order valence-corrected chi connectivity index (χ2v) is 9.80. The Morgan fingerprint density at radius 1 is 1.26 bits per heavy atom. The van der Waals surface area contributed by atoms with E-state index < -0.39 is 11.6 Å². The first-order chi connectivity index (χ1) is 18.3. The number of rotatable bonds is 10. The first-order valence-electron chi connectivity index (χ1n) is 12.7. The van der Waals surface area contributed by atoms with Crippen LogP contribution in [0.15, 0.2) is 41.9 Å². The third-order valence-electron chi connectivity index (χ3n) is 6.58. The minimum absolute atomic E-state index is 0.0713. The van der Waals surface area contributed by atoms with Gasteiger partial charge in [-0.15, -0.1) is 0 Å². The van der Waals surface area contributed by atoms with Gasteiger partial charge in [-0.3, -0.25) is 9.69 Å². The van der Waals surface area contributed by atoms with Crippen molar-refractivity contribution in [2.24, 2.45) is 22.7 Å². The molecular weight excluding hydrogens is 492 g/mol. The van der Waals surface area contributed by atoms with Crippen molar-refractivity contribution in [1.29, 1.82) is 0 Å². The molecule has 0 bridgehead atoms. The summed E-state index contributed by atoms with van der Waals surface area (Å²) in [6.45, 7) is 6.30. The van der Waals surface area contributed by atoms with Crippen LogP contribution >= 0.6 is 0 Å². The second-order valence-electron chi connectivity index (χ2n) is 9.80. The van der Waals surface area contributed by atoms with Crippen molar-refractivity contribution < 1.29 is 13.5 Å². The molecule has 1 unspecified atom stereocenters. The van der Waals surface area contributed by atoms with Gasteiger partial charge < -0.3 is 21.6 Å². The van der Waals surface area contributed by atoms with E-state index in [2.05, 4.69) is 34.3 Å². The van der Waals surface area contributed by atoms with E-state index in [1.54, 1.807) is 18.5 Å². The van der Waals surface area contributed by atoms with Gasteiger partial charge >= 0.3 is 0 Å². The highest BCUT2D eigenvalue weighted by Gasteiger charge is 2.24. The molecular formula is C26H35F2N9O. The fourth-order valence-electron chi connectivity index (χ4n) is 4.35. The molecule has 0 radical (unpaired) electrons. The van der Waals surface area contributed by atoms with Gasteiger partial charge in [-0.2, -0.15) is 14.6 Å². The molecule has 1 fully saturated rings. The molecule has 1 aliphatic heterocycles. The fraction of sp³-hybridized carbons (Fsp3) is 0.423. The van der Waals surface area contributed by atoms with Crippen molar-refractivity contribution in [2.45, 2.75) is 52.1 Å². The van der Waals surface area contributed by atoms with E-state index in [0.717, 1.165) is 42.9 Å². The summed E-state index contributed by atoms with van der Waals surface area (Å²) in [7, 11) is 0. The van der Waals surface area contributed by atoms with Gasteiger partial charge in [-0.1, -0.05) is 13.8 Å². The number of hydrazone groups is 1. The Kier molecular flexibility index (Phi) is 8.74. The Hall–Kier alpha value is -3.77. The molecule has 1 atom stereocenters. The average Bonchev–Trinajstić information content (AvgIpc) is 3.59. The molecule has 3 heterocycles. The van der Waals surface area contributed by atoms with E-state index in [1.807, 2.05) is 10.9 Å². The molecule has 0 amide bonds. The SMILES string of the molecule is CC(C)CCn1cc(-c2cnc(N)c(/C(=N/N)N(N)c3ccc(OCCC4CCCN4)c(F)c3F)c2)cn1. The van der Waals surface area contributed by atoms with E-state index in [-0.39, 0.29) is 35.3 Å². The molecule has 2 aromatic heterocycles. The van der Waals surface area contributed by atoms with Crippen molar-refractivity contribution in [2.75, 3.05) is 23.9 Å². The Morgan fingerprint density at radius 3 is 2.79 bits per heavy atom. The van der Waals surface area contributed by atoms with Crippen LogP contribution in [-0.4, -0.2) is 39.8 Å². The molecule has 7 N–H and O–H groups in total. The highest BCUT2D eigenvalue weighted by atomic mass is 19.2. The number of nitrogens with two attached hydrogens (primary N) is 3. The lowest BCUT2D eigenvalue weighted by Gasteiger charge is -2.22. The molecule has 0 aliphatic carbocycles. The van der Waals surface area contributed by atoms with Crippen molar-refractivity contribution >= 4 is 17.3 Å². The Balaban J connectivity index is 1.53. The number of nitrogen functional groups attached to an aromatic ring is 1. The predicted octanol–water partition coefficient (Wildman–Crippen LogP) is 3.37. The summed E-state index contributed by atoms with van der Waals surface area (Å²) >= 11 is 0. The molecule has 204 valence electrons. The number of nitrogens with one attached hydrogen (secondary N) is 1. The van der Waals surface area contributed by atoms with E-state index in [0.29, 0.717) is 23.9 Å². The van der Waals surface area contributed by atoms with Crippen LogP contribution in [0.3, 0.4) is 0 Å². The highest BCUT2D eigenvalue weighted by molar-refractivity contribution is 6.12. The first kappa shape index (κ1) is 27.3. The monoisotopic (exact) mass is 527 g/mol. The number of hydrogen-bond donors (Lipinski definition) is 4. The summed E-state index contributed by atoms with van der Waals surface area (Å²) in [6.07, 6.45) is 9.04. The zero-order valence-electron chi connectivity index (χ0n) is 21.7. The summed E-state index contributed by atoms with van der Waals surface area (Å²) in [5.74, 6) is 9.80. The van der Waals surface area contributed by atoms with E-state index in [9.17, 15) is 4.39 Å². The summed E-state index contributed by atoms with van der Waals surface area (Å²) < 4.78 is 37.3. The van der Waals surface area contributed by atoms with Crippen molar-refractivity contribution in [3.8, 4) is 16.9 Å². The quantitative estimate of drug-likeness (QED) is 0.136. The van der Waals surface area contributed by atoms with Crippen LogP contribution < -0.4 is 32.5 Å². The largest absolute Gasteiger partial charge is 0.490 e. The molecule has 3 aromatic rings. The predicted molar refractivity (Wildman–Crippen MR) is 144 cm³/mol. The van der Waals surface area contributed by atoms with Crippen LogP contribution in [-0.2, 0) is 6.54 Å². The molecule has 0 saturated carbocycles. The number of nitrogens with zero attached hydrogens (tertiary/aromatic N) is 5. The number of aromatic nitrogens is 3. The van der Waals surface area contributed by atoms with Crippen LogP contribution in [0.25, 0.3) is 11.1 Å². The lowest BCUT2D eigenvalue weighted by molar-refractivity contribution is 0.275. The third-order valence-corrected chi connectivity index (χ3v) is 6.58. The maximum Gasteiger partial charge on any atom is 0.202 e. The van der Waals surface area contributed by atoms with Gasteiger partial charge in [0.2, 0.25) is 5.82 Å². The van der Waals surface area contributed by atoms with Gasteiger partial charge in [0.05, 0.1) is 24.1 Å². The molecule has 1 saturated heterocycles. The van der Waals surface area contributed by atoms with Crippen LogP contribution in [0.5, 0.6) is 5.75 Å². The molecule has 0 spiro atoms. The molecule has 38 heavy (non-hydrogen) atoms. The lowest BCUT2D eigenvalue weighted by Crippen LogP contribution is -2.40. The zero-order valence-corrected chi connectivity index (χ0v) is 21.7. The minimum atomic E-state index is -1.20. The van der Waals surface area contributed by atoms with Crippen LogP contribution in [0.4, 0.5) is 20.3 Å². The molecule has 10 nitrogen and oxygen atoms in total. The number of aryl methyl sites for hydroxylation is 1. The number of benzene rings is 1. The summed E-state index contributed by atoms with van der Waals surface area (Å²) in [6, 6.07) is 4.64. The number of hydrogen-bond acceptors (Lipinski definition) is 8. The second kappa shape index (κ2) is 12.2. The Bertz CT molecular complexity index is 1270. The standard InChI is InChI=1S/C26H35F2N9O/c1-16(2)7-10-36-15-18(14-34-36)17-12-20(25(29)33-13-17)26(35-30)37(31)21-5-6-22(24(28)23(21)27)38-11-8-19-4-3-9-32-19/h5-6,12-16,19,32H,3-4,7-11,30-31H2,1-2H3,(H2,29,33)/b35-26-. The maximum absolute atomic E-state index is 15.1. The average molecular weight is 528 g/mol. The summed E-state index contributed by atoms with van der Waals surface area (Å²) in [5.41, 5.74) is 7.56. The minimum Gasteiger partial charge on any atom is -0.490 e. The van der Waals surface area contributed by atoms with Crippen LogP contribution in [0, 0.1) is 17.6 Å².